The van der Waals surface area contributed by atoms with Gasteiger partial charge >= 0.3 is 0 Å². The van der Waals surface area contributed by atoms with Gasteiger partial charge in [0.25, 0.3) is 5.91 Å². The molecule has 0 saturated carbocycles. The van der Waals surface area contributed by atoms with Gasteiger partial charge in [0.15, 0.2) is 17.5 Å². The summed E-state index contributed by atoms with van der Waals surface area (Å²) < 4.78 is 40.3. The Balaban J connectivity index is 1.91. The number of benzene rings is 2. The van der Waals surface area contributed by atoms with Gasteiger partial charge in [0.05, 0.1) is 5.69 Å². The van der Waals surface area contributed by atoms with Crippen molar-refractivity contribution in [1.82, 2.24) is 9.97 Å². The number of nitrogens with zero attached hydrogens (tertiary/aromatic N) is 3. The Kier molecular flexibility index (Phi) is 5.07. The van der Waals surface area contributed by atoms with E-state index in [1.165, 1.54) is 11.0 Å². The number of carbonyl (C=O) groups is 1. The minimum Gasteiger partial charge on any atom is -0.338 e. The van der Waals surface area contributed by atoms with Crippen LogP contribution in [0.4, 0.5) is 30.4 Å². The van der Waals surface area contributed by atoms with Crippen molar-refractivity contribution >= 4 is 23.1 Å². The Labute approximate surface area is 153 Å². The average Bonchev–Trinajstić information content (AvgIpc) is 2.67. The number of nitrogens with one attached hydrogen (secondary N) is 1. The van der Waals surface area contributed by atoms with Crippen LogP contribution in [-0.4, -0.2) is 22.9 Å². The number of anilines is 3. The highest BCUT2D eigenvalue weighted by atomic mass is 19.2. The predicted molar refractivity (Wildman–Crippen MR) is 95.5 cm³/mol. The van der Waals surface area contributed by atoms with Gasteiger partial charge in [0, 0.05) is 18.8 Å². The van der Waals surface area contributed by atoms with Crippen LogP contribution >= 0.6 is 0 Å². The fourth-order valence-corrected chi connectivity index (χ4v) is 2.44. The Hall–Kier alpha value is -3.42. The summed E-state index contributed by atoms with van der Waals surface area (Å²) in [5.74, 6) is -4.32. The molecule has 8 heteroatoms. The van der Waals surface area contributed by atoms with Gasteiger partial charge in [-0.15, -0.1) is 0 Å². The van der Waals surface area contributed by atoms with Crippen molar-refractivity contribution < 1.29 is 18.0 Å². The molecule has 0 radical (unpaired) electrons. The van der Waals surface area contributed by atoms with E-state index in [1.54, 1.807) is 38.2 Å². The van der Waals surface area contributed by atoms with Crippen molar-refractivity contribution in [2.75, 3.05) is 17.3 Å². The van der Waals surface area contributed by atoms with Crippen LogP contribution in [0.25, 0.3) is 0 Å². The van der Waals surface area contributed by atoms with Crippen LogP contribution in [0.3, 0.4) is 0 Å². The summed E-state index contributed by atoms with van der Waals surface area (Å²) in [5.41, 5.74) is 0.432. The maximum Gasteiger partial charge on any atom is 0.276 e. The zero-order valence-electron chi connectivity index (χ0n) is 14.5. The normalized spacial score (nSPS) is 10.6. The van der Waals surface area contributed by atoms with Crippen LogP contribution in [0.1, 0.15) is 16.3 Å². The van der Waals surface area contributed by atoms with E-state index in [4.69, 9.17) is 0 Å². The molecule has 3 aromatic rings. The minimum absolute atomic E-state index is 0.0688. The van der Waals surface area contributed by atoms with Gasteiger partial charge in [-0.3, -0.25) is 4.79 Å². The quantitative estimate of drug-likeness (QED) is 0.697. The zero-order chi connectivity index (χ0) is 19.6. The molecule has 5 nitrogen and oxygen atoms in total. The fraction of sp³-hybridized carbons (Fsp3) is 0.105. The van der Waals surface area contributed by atoms with Crippen molar-refractivity contribution in [2.24, 2.45) is 0 Å². The summed E-state index contributed by atoms with van der Waals surface area (Å²) in [5, 5.41) is 2.55. The molecule has 138 valence electrons. The van der Waals surface area contributed by atoms with Gasteiger partial charge in [0.2, 0.25) is 0 Å². The summed E-state index contributed by atoms with van der Waals surface area (Å²) in [7, 11) is 1.59. The van der Waals surface area contributed by atoms with Crippen LogP contribution in [0, 0.1) is 24.4 Å². The van der Waals surface area contributed by atoms with Crippen LogP contribution in [-0.2, 0) is 0 Å². The standard InChI is InChI=1S/C19H15F3N4O/c1-11-23-15(19(27)26(2)12-6-4-3-5-7-12)10-16(24-11)25-14-9-8-13(20)17(21)18(14)22/h3-10H,1-2H3,(H,23,24,25). The lowest BCUT2D eigenvalue weighted by atomic mass is 10.2. The molecule has 0 aliphatic rings. The van der Waals surface area contributed by atoms with Crippen LogP contribution < -0.4 is 10.2 Å². The molecule has 0 unspecified atom stereocenters. The number of para-hydroxylation sites is 1. The molecular weight excluding hydrogens is 357 g/mol. The second-order valence-electron chi connectivity index (χ2n) is 5.73. The SMILES string of the molecule is Cc1nc(Nc2ccc(F)c(F)c2F)cc(C(=O)N(C)c2ccccc2)n1. The zero-order valence-corrected chi connectivity index (χ0v) is 14.5. The predicted octanol–water partition coefficient (Wildman–Crippen LogP) is 4.22. The van der Waals surface area contributed by atoms with Gasteiger partial charge in [-0.25, -0.2) is 23.1 Å². The second-order valence-corrected chi connectivity index (χ2v) is 5.73. The third-order valence-electron chi connectivity index (χ3n) is 3.80. The number of hydrogen-bond donors (Lipinski definition) is 1. The van der Waals surface area contributed by atoms with E-state index in [9.17, 15) is 18.0 Å². The molecule has 1 aromatic heterocycles. The molecule has 3 rings (SSSR count). The third kappa shape index (κ3) is 3.89. The van der Waals surface area contributed by atoms with E-state index in [2.05, 4.69) is 15.3 Å². The monoisotopic (exact) mass is 372 g/mol. The molecule has 0 fully saturated rings. The number of hydrogen-bond acceptors (Lipinski definition) is 4. The van der Waals surface area contributed by atoms with Crippen LogP contribution in [0.2, 0.25) is 0 Å². The number of amides is 1. The van der Waals surface area contributed by atoms with Crippen molar-refractivity contribution in [2.45, 2.75) is 6.92 Å². The summed E-state index contributed by atoms with van der Waals surface area (Å²) in [6.07, 6.45) is 0. The molecule has 0 aliphatic heterocycles. The van der Waals surface area contributed by atoms with E-state index in [0.717, 1.165) is 12.1 Å². The van der Waals surface area contributed by atoms with E-state index < -0.39 is 23.4 Å². The van der Waals surface area contributed by atoms with Crippen LogP contribution in [0.5, 0.6) is 0 Å². The van der Waals surface area contributed by atoms with E-state index in [-0.39, 0.29) is 23.0 Å². The van der Waals surface area contributed by atoms with Crippen molar-refractivity contribution in [3.8, 4) is 0 Å². The average molecular weight is 372 g/mol. The van der Waals surface area contributed by atoms with E-state index in [1.807, 2.05) is 6.07 Å². The highest BCUT2D eigenvalue weighted by molar-refractivity contribution is 6.04. The first-order chi connectivity index (χ1) is 12.9. The van der Waals surface area contributed by atoms with Gasteiger partial charge in [0.1, 0.15) is 17.3 Å². The maximum atomic E-state index is 13.9. The van der Waals surface area contributed by atoms with E-state index in [0.29, 0.717) is 5.69 Å². The molecule has 0 spiro atoms. The summed E-state index contributed by atoms with van der Waals surface area (Å²) >= 11 is 0. The molecule has 0 aliphatic carbocycles. The number of rotatable bonds is 4. The topological polar surface area (TPSA) is 58.1 Å². The first kappa shape index (κ1) is 18.4. The maximum absolute atomic E-state index is 13.9. The van der Waals surface area contributed by atoms with Crippen molar-refractivity contribution in [1.29, 1.82) is 0 Å². The van der Waals surface area contributed by atoms with Gasteiger partial charge in [-0.05, 0) is 31.2 Å². The van der Waals surface area contributed by atoms with E-state index >= 15 is 0 Å². The summed E-state index contributed by atoms with van der Waals surface area (Å²) in [6.45, 7) is 1.56. The van der Waals surface area contributed by atoms with Gasteiger partial charge in [-0.2, -0.15) is 0 Å². The smallest absolute Gasteiger partial charge is 0.276 e. The lowest BCUT2D eigenvalue weighted by molar-refractivity contribution is 0.0988. The lowest BCUT2D eigenvalue weighted by Gasteiger charge is -2.17. The number of aromatic nitrogens is 2. The molecule has 1 amide bonds. The Morgan fingerprint density at radius 2 is 1.70 bits per heavy atom. The molecule has 2 aromatic carbocycles. The molecule has 27 heavy (non-hydrogen) atoms. The molecule has 0 atom stereocenters. The Morgan fingerprint density at radius 1 is 1.00 bits per heavy atom. The largest absolute Gasteiger partial charge is 0.338 e. The lowest BCUT2D eigenvalue weighted by Crippen LogP contribution is -2.27. The van der Waals surface area contributed by atoms with Gasteiger partial charge in [-0.1, -0.05) is 18.2 Å². The fourth-order valence-electron chi connectivity index (χ4n) is 2.44. The summed E-state index contributed by atoms with van der Waals surface area (Å²) in [4.78, 5) is 22.3. The van der Waals surface area contributed by atoms with Gasteiger partial charge < -0.3 is 10.2 Å². The molecule has 1 heterocycles. The third-order valence-corrected chi connectivity index (χ3v) is 3.80. The minimum atomic E-state index is -1.59. The molecule has 1 N–H and O–H groups in total. The highest BCUT2D eigenvalue weighted by Gasteiger charge is 2.18. The van der Waals surface area contributed by atoms with Crippen molar-refractivity contribution in [3.63, 3.8) is 0 Å². The first-order valence-corrected chi connectivity index (χ1v) is 7.96. The second kappa shape index (κ2) is 7.45. The van der Waals surface area contributed by atoms with Crippen molar-refractivity contribution in [3.05, 3.63) is 77.5 Å². The number of aryl methyl sites for hydroxylation is 1. The highest BCUT2D eigenvalue weighted by Crippen LogP contribution is 2.23. The molecular formula is C19H15F3N4O. The number of halogens is 3. The Morgan fingerprint density at radius 3 is 2.41 bits per heavy atom. The molecule has 0 bridgehead atoms. The summed E-state index contributed by atoms with van der Waals surface area (Å²) in [6, 6.07) is 12.1. The number of carbonyl (C=O) groups excluding carboxylic acids is 1. The first-order valence-electron chi connectivity index (χ1n) is 7.96. The Bertz CT molecular complexity index is 996. The van der Waals surface area contributed by atoms with Crippen LogP contribution in [0.15, 0.2) is 48.5 Å². The molecule has 0 saturated heterocycles.